The predicted molar refractivity (Wildman–Crippen MR) is 101 cm³/mol. The van der Waals surface area contributed by atoms with Crippen LogP contribution in [-0.4, -0.2) is 47.5 Å². The second-order valence-corrected chi connectivity index (χ2v) is 7.18. The quantitative estimate of drug-likeness (QED) is 0.698. The number of ether oxygens (including phenoxy) is 2. The Kier molecular flexibility index (Phi) is 5.01. The highest BCUT2D eigenvalue weighted by Gasteiger charge is 2.32. The second-order valence-electron chi connectivity index (χ2n) is 7.18. The van der Waals surface area contributed by atoms with Crippen LogP contribution < -0.4 is 9.64 Å². The van der Waals surface area contributed by atoms with Crippen molar-refractivity contribution in [3.63, 3.8) is 0 Å². The largest absolute Gasteiger partial charge is 0.493 e. The molecule has 0 atom stereocenters. The minimum atomic E-state index is -0.286. The molecule has 27 heavy (non-hydrogen) atoms. The maximum Gasteiger partial charge on any atom is 0.341 e. The van der Waals surface area contributed by atoms with Crippen LogP contribution in [0, 0.1) is 0 Å². The van der Waals surface area contributed by atoms with Gasteiger partial charge < -0.3 is 14.4 Å². The van der Waals surface area contributed by atoms with Crippen LogP contribution in [0.5, 0.6) is 5.75 Å². The van der Waals surface area contributed by atoms with Crippen molar-refractivity contribution in [3.05, 3.63) is 35.3 Å². The average Bonchev–Trinajstić information content (AvgIpc) is 3.21. The monoisotopic (exact) mass is 370 g/mol. The molecule has 2 fully saturated rings. The van der Waals surface area contributed by atoms with E-state index in [0.717, 1.165) is 48.8 Å². The van der Waals surface area contributed by atoms with Gasteiger partial charge in [-0.3, -0.25) is 4.68 Å². The smallest absolute Gasteiger partial charge is 0.341 e. The van der Waals surface area contributed by atoms with Crippen LogP contribution in [-0.2, 0) is 11.3 Å². The Balaban J connectivity index is 1.56. The predicted octanol–water partition coefficient (Wildman–Crippen LogP) is 2.99. The third-order valence-electron chi connectivity index (χ3n) is 5.11. The van der Waals surface area contributed by atoms with Crippen molar-refractivity contribution < 1.29 is 14.3 Å². The molecule has 1 aliphatic carbocycles. The summed E-state index contributed by atoms with van der Waals surface area (Å²) in [5.74, 6) is 1.79. The van der Waals surface area contributed by atoms with Gasteiger partial charge in [-0.1, -0.05) is 0 Å². The molecule has 3 heterocycles. The topological polar surface area (TPSA) is 69.5 Å². The summed E-state index contributed by atoms with van der Waals surface area (Å²) in [4.78, 5) is 19.1. The van der Waals surface area contributed by atoms with Gasteiger partial charge in [0.05, 0.1) is 26.0 Å². The van der Waals surface area contributed by atoms with E-state index in [2.05, 4.69) is 15.0 Å². The van der Waals surface area contributed by atoms with Crippen molar-refractivity contribution in [2.75, 3.05) is 31.7 Å². The first-order chi connectivity index (χ1) is 13.2. The summed E-state index contributed by atoms with van der Waals surface area (Å²) >= 11 is 0. The number of hydrogen-bond acceptors (Lipinski definition) is 6. The van der Waals surface area contributed by atoms with Crippen molar-refractivity contribution in [2.45, 2.75) is 45.1 Å². The second kappa shape index (κ2) is 7.58. The fourth-order valence-electron chi connectivity index (χ4n) is 3.61. The third-order valence-corrected chi connectivity index (χ3v) is 5.11. The summed E-state index contributed by atoms with van der Waals surface area (Å²) < 4.78 is 12.6. The molecule has 7 nitrogen and oxygen atoms in total. The molecular formula is C20H26N4O3. The van der Waals surface area contributed by atoms with E-state index in [-0.39, 0.29) is 5.97 Å². The lowest BCUT2D eigenvalue weighted by molar-refractivity contribution is 0.0525. The lowest BCUT2D eigenvalue weighted by Gasteiger charge is -2.19. The molecule has 0 bridgehead atoms. The molecule has 4 rings (SSSR count). The summed E-state index contributed by atoms with van der Waals surface area (Å²) in [6.45, 7) is 4.78. The van der Waals surface area contributed by atoms with Crippen molar-refractivity contribution in [1.29, 1.82) is 0 Å². The van der Waals surface area contributed by atoms with Gasteiger partial charge in [-0.25, -0.2) is 9.78 Å². The zero-order chi connectivity index (χ0) is 18.8. The fraction of sp³-hybridized carbons (Fsp3) is 0.550. The summed E-state index contributed by atoms with van der Waals surface area (Å²) in [6.07, 6.45) is 8.23. The number of hydrogen-bond donors (Lipinski definition) is 0. The van der Waals surface area contributed by atoms with Crippen molar-refractivity contribution in [3.8, 4) is 5.75 Å². The van der Waals surface area contributed by atoms with Crippen LogP contribution in [0.15, 0.2) is 18.5 Å². The number of carbonyl (C=O) groups is 1. The molecule has 1 saturated carbocycles. The van der Waals surface area contributed by atoms with E-state index in [1.807, 2.05) is 23.9 Å². The van der Waals surface area contributed by atoms with Gasteiger partial charge in [0.2, 0.25) is 0 Å². The lowest BCUT2D eigenvalue weighted by atomic mass is 10.2. The number of methoxy groups -OCH3 is 1. The van der Waals surface area contributed by atoms with Gasteiger partial charge in [-0.05, 0) is 44.2 Å². The molecule has 0 unspecified atom stereocenters. The number of pyridine rings is 1. The Morgan fingerprint density at radius 1 is 1.30 bits per heavy atom. The van der Waals surface area contributed by atoms with Crippen molar-refractivity contribution in [2.24, 2.45) is 0 Å². The van der Waals surface area contributed by atoms with E-state index >= 15 is 0 Å². The molecule has 144 valence electrons. The zero-order valence-electron chi connectivity index (χ0n) is 16.0. The van der Waals surface area contributed by atoms with Gasteiger partial charge in [0.25, 0.3) is 0 Å². The van der Waals surface area contributed by atoms with Crippen LogP contribution in [0.4, 0.5) is 5.82 Å². The molecule has 2 aromatic heterocycles. The van der Waals surface area contributed by atoms with E-state index in [0.29, 0.717) is 24.6 Å². The zero-order valence-corrected chi connectivity index (χ0v) is 16.0. The van der Waals surface area contributed by atoms with Gasteiger partial charge in [0.15, 0.2) is 11.6 Å². The van der Waals surface area contributed by atoms with E-state index in [1.165, 1.54) is 12.8 Å². The number of anilines is 1. The SMILES string of the molecule is CCOC(=O)c1cn(Cc2cnc(N3CCCC3)c(OC)c2)nc1C1CC1. The molecule has 0 N–H and O–H groups in total. The van der Waals surface area contributed by atoms with Gasteiger partial charge in [0.1, 0.15) is 5.56 Å². The first kappa shape index (κ1) is 17.8. The molecule has 0 aromatic carbocycles. The van der Waals surface area contributed by atoms with Crippen LogP contribution in [0.1, 0.15) is 60.1 Å². The number of aromatic nitrogens is 3. The highest BCUT2D eigenvalue weighted by atomic mass is 16.5. The van der Waals surface area contributed by atoms with E-state index in [9.17, 15) is 4.79 Å². The maximum atomic E-state index is 12.2. The number of rotatable bonds is 7. The number of carbonyl (C=O) groups excluding carboxylic acids is 1. The Labute approximate surface area is 159 Å². The minimum Gasteiger partial charge on any atom is -0.493 e. The fourth-order valence-corrected chi connectivity index (χ4v) is 3.61. The van der Waals surface area contributed by atoms with Gasteiger partial charge in [-0.15, -0.1) is 0 Å². The summed E-state index contributed by atoms with van der Waals surface area (Å²) in [6, 6.07) is 2.02. The number of esters is 1. The molecule has 0 radical (unpaired) electrons. The molecule has 2 aliphatic rings. The average molecular weight is 370 g/mol. The molecule has 0 amide bonds. The first-order valence-corrected chi connectivity index (χ1v) is 9.72. The van der Waals surface area contributed by atoms with Crippen LogP contribution >= 0.6 is 0 Å². The third kappa shape index (κ3) is 3.77. The molecule has 2 aromatic rings. The van der Waals surface area contributed by atoms with E-state index in [4.69, 9.17) is 9.47 Å². The van der Waals surface area contributed by atoms with Crippen molar-refractivity contribution in [1.82, 2.24) is 14.8 Å². The Morgan fingerprint density at radius 3 is 2.74 bits per heavy atom. The standard InChI is InChI=1S/C20H26N4O3/c1-3-27-20(25)16-13-24(22-18(16)15-6-7-15)12-14-10-17(26-2)19(21-11-14)23-8-4-5-9-23/h10-11,13,15H,3-9,12H2,1-2H3. The maximum absolute atomic E-state index is 12.2. The normalized spacial score (nSPS) is 16.6. The van der Waals surface area contributed by atoms with Crippen LogP contribution in [0.2, 0.25) is 0 Å². The Hall–Kier alpha value is -2.57. The van der Waals surface area contributed by atoms with Gasteiger partial charge in [-0.2, -0.15) is 5.10 Å². The molecule has 7 heteroatoms. The minimum absolute atomic E-state index is 0.286. The van der Waals surface area contributed by atoms with Gasteiger partial charge in [0, 0.05) is 31.4 Å². The van der Waals surface area contributed by atoms with Crippen LogP contribution in [0.25, 0.3) is 0 Å². The Morgan fingerprint density at radius 2 is 2.07 bits per heavy atom. The first-order valence-electron chi connectivity index (χ1n) is 9.72. The molecule has 1 saturated heterocycles. The summed E-state index contributed by atoms with van der Waals surface area (Å²) in [5, 5.41) is 4.66. The molecule has 0 spiro atoms. The van der Waals surface area contributed by atoms with Gasteiger partial charge >= 0.3 is 5.97 Å². The molecular weight excluding hydrogens is 344 g/mol. The summed E-state index contributed by atoms with van der Waals surface area (Å²) in [5.41, 5.74) is 2.45. The number of nitrogens with zero attached hydrogens (tertiary/aromatic N) is 4. The summed E-state index contributed by atoms with van der Waals surface area (Å²) in [7, 11) is 1.68. The highest BCUT2D eigenvalue weighted by molar-refractivity contribution is 5.90. The van der Waals surface area contributed by atoms with Crippen molar-refractivity contribution >= 4 is 11.8 Å². The van der Waals surface area contributed by atoms with E-state index in [1.54, 1.807) is 13.3 Å². The van der Waals surface area contributed by atoms with E-state index < -0.39 is 0 Å². The van der Waals surface area contributed by atoms with Crippen LogP contribution in [0.3, 0.4) is 0 Å². The Bertz CT molecular complexity index is 823. The lowest BCUT2D eigenvalue weighted by Crippen LogP contribution is -2.20. The molecule has 1 aliphatic heterocycles. The highest BCUT2D eigenvalue weighted by Crippen LogP contribution is 2.41.